The van der Waals surface area contributed by atoms with Crippen LogP contribution in [0.3, 0.4) is 0 Å². The summed E-state index contributed by atoms with van der Waals surface area (Å²) in [7, 11) is 1.52. The molecule has 5 heteroatoms. The Balaban J connectivity index is 2.21. The number of amides is 1. The van der Waals surface area contributed by atoms with Crippen LogP contribution in [0.2, 0.25) is 0 Å². The number of hydrogen-bond acceptors (Lipinski definition) is 3. The number of carbonyl (C=O) groups is 2. The van der Waals surface area contributed by atoms with Crippen molar-refractivity contribution in [1.82, 2.24) is 5.32 Å². The van der Waals surface area contributed by atoms with E-state index < -0.39 is 17.8 Å². The van der Waals surface area contributed by atoms with E-state index in [0.29, 0.717) is 0 Å². The van der Waals surface area contributed by atoms with Gasteiger partial charge in [0.15, 0.2) is 0 Å². The summed E-state index contributed by atoms with van der Waals surface area (Å²) in [6, 6.07) is 0. The quantitative estimate of drug-likeness (QED) is 0.635. The van der Waals surface area contributed by atoms with Crippen LogP contribution in [0, 0.1) is 11.8 Å². The molecule has 2 aliphatic heterocycles. The Morgan fingerprint density at radius 3 is 2.36 bits per heavy atom. The topological polar surface area (TPSA) is 75.6 Å². The van der Waals surface area contributed by atoms with E-state index in [0.717, 1.165) is 12.8 Å². The summed E-state index contributed by atoms with van der Waals surface area (Å²) in [6.45, 7) is 0. The summed E-state index contributed by atoms with van der Waals surface area (Å²) in [6.07, 6.45) is 1.10. The van der Waals surface area contributed by atoms with Crippen LogP contribution >= 0.6 is 0 Å². The van der Waals surface area contributed by atoms with Gasteiger partial charge in [0.1, 0.15) is 0 Å². The molecule has 0 spiro atoms. The average molecular weight is 199 g/mol. The van der Waals surface area contributed by atoms with E-state index in [2.05, 4.69) is 5.32 Å². The zero-order chi connectivity index (χ0) is 10.3. The molecule has 0 aromatic rings. The van der Waals surface area contributed by atoms with Crippen LogP contribution in [0.15, 0.2) is 0 Å². The summed E-state index contributed by atoms with van der Waals surface area (Å²) in [4.78, 5) is 22.4. The van der Waals surface area contributed by atoms with E-state index in [1.54, 1.807) is 0 Å². The molecule has 5 nitrogen and oxygen atoms in total. The minimum atomic E-state index is -0.925. The first-order chi connectivity index (χ1) is 6.65. The summed E-state index contributed by atoms with van der Waals surface area (Å²) in [5, 5.41) is 11.5. The van der Waals surface area contributed by atoms with Gasteiger partial charge in [-0.1, -0.05) is 0 Å². The van der Waals surface area contributed by atoms with Crippen LogP contribution < -0.4 is 5.32 Å². The summed E-state index contributed by atoms with van der Waals surface area (Å²) in [5.74, 6) is -2.31. The van der Waals surface area contributed by atoms with Gasteiger partial charge in [-0.2, -0.15) is 0 Å². The molecular weight excluding hydrogens is 186 g/mol. The number of hydrogen-bond donors (Lipinski definition) is 2. The van der Waals surface area contributed by atoms with Gasteiger partial charge in [0.05, 0.1) is 24.0 Å². The Morgan fingerprint density at radius 2 is 1.86 bits per heavy atom. The van der Waals surface area contributed by atoms with E-state index in [4.69, 9.17) is 9.84 Å². The van der Waals surface area contributed by atoms with Crippen molar-refractivity contribution in [3.63, 3.8) is 0 Å². The van der Waals surface area contributed by atoms with Gasteiger partial charge in [0.25, 0.3) is 0 Å². The molecule has 4 atom stereocenters. The number of aliphatic carboxylic acids is 1. The van der Waals surface area contributed by atoms with Crippen LogP contribution in [0.1, 0.15) is 12.8 Å². The highest BCUT2D eigenvalue weighted by Crippen LogP contribution is 2.43. The molecule has 2 bridgehead atoms. The maximum atomic E-state index is 11.5. The van der Waals surface area contributed by atoms with Gasteiger partial charge in [-0.3, -0.25) is 9.59 Å². The second-order valence-corrected chi connectivity index (χ2v) is 3.79. The fourth-order valence-corrected chi connectivity index (χ4v) is 2.49. The molecule has 0 aromatic carbocycles. The number of carboxylic acids is 1. The van der Waals surface area contributed by atoms with E-state index in [9.17, 15) is 9.59 Å². The van der Waals surface area contributed by atoms with Crippen molar-refractivity contribution in [3.8, 4) is 0 Å². The lowest BCUT2D eigenvalue weighted by molar-refractivity contribution is -0.147. The largest absolute Gasteiger partial charge is 0.481 e. The smallest absolute Gasteiger partial charge is 0.310 e. The molecule has 0 aliphatic carbocycles. The minimum absolute atomic E-state index is 0.193. The van der Waals surface area contributed by atoms with Gasteiger partial charge in [-0.25, -0.2) is 0 Å². The van der Waals surface area contributed by atoms with E-state index >= 15 is 0 Å². The van der Waals surface area contributed by atoms with Gasteiger partial charge >= 0.3 is 5.97 Å². The van der Waals surface area contributed by atoms with Gasteiger partial charge in [0, 0.05) is 7.05 Å². The Morgan fingerprint density at radius 1 is 1.29 bits per heavy atom. The predicted molar refractivity (Wildman–Crippen MR) is 46.6 cm³/mol. The molecule has 2 fully saturated rings. The van der Waals surface area contributed by atoms with Crippen molar-refractivity contribution in [2.24, 2.45) is 11.8 Å². The highest BCUT2D eigenvalue weighted by molar-refractivity contribution is 5.86. The summed E-state index contributed by atoms with van der Waals surface area (Å²) < 4.78 is 5.44. The Hall–Kier alpha value is -1.10. The van der Waals surface area contributed by atoms with Crippen molar-refractivity contribution in [2.75, 3.05) is 7.05 Å². The Labute approximate surface area is 81.4 Å². The van der Waals surface area contributed by atoms with Crippen molar-refractivity contribution < 1.29 is 19.4 Å². The standard InChI is InChI=1S/C9H13NO4/c1-10-8(11)6-4-2-3-5(14-4)7(6)9(12)13/h4-7H,2-3H2,1H3,(H,10,11)(H,12,13). The first-order valence-corrected chi connectivity index (χ1v) is 4.75. The summed E-state index contributed by atoms with van der Waals surface area (Å²) >= 11 is 0. The SMILES string of the molecule is CNC(=O)C1C2CCC(O2)C1C(=O)O. The molecule has 0 aromatic heterocycles. The maximum Gasteiger partial charge on any atom is 0.310 e. The fourth-order valence-electron chi connectivity index (χ4n) is 2.49. The third kappa shape index (κ3) is 1.19. The molecule has 2 rings (SSSR count). The highest BCUT2D eigenvalue weighted by atomic mass is 16.5. The zero-order valence-electron chi connectivity index (χ0n) is 7.90. The molecule has 0 saturated carbocycles. The molecule has 78 valence electrons. The summed E-state index contributed by atoms with van der Waals surface area (Å²) in [5.41, 5.74) is 0. The van der Waals surface area contributed by atoms with Crippen molar-refractivity contribution in [2.45, 2.75) is 25.0 Å². The number of nitrogens with one attached hydrogen (secondary N) is 1. The molecule has 2 heterocycles. The third-order valence-electron chi connectivity index (χ3n) is 3.11. The third-order valence-corrected chi connectivity index (χ3v) is 3.11. The lowest BCUT2D eigenvalue weighted by Gasteiger charge is -2.22. The monoisotopic (exact) mass is 199 g/mol. The van der Waals surface area contributed by atoms with Crippen LogP contribution in [-0.2, 0) is 14.3 Å². The molecule has 0 radical (unpaired) electrons. The molecule has 2 saturated heterocycles. The molecule has 4 unspecified atom stereocenters. The number of fused-ring (bicyclic) bond motifs is 2. The number of ether oxygens (including phenoxy) is 1. The second-order valence-electron chi connectivity index (χ2n) is 3.79. The molecular formula is C9H13NO4. The number of rotatable bonds is 2. The molecule has 14 heavy (non-hydrogen) atoms. The lowest BCUT2D eigenvalue weighted by Crippen LogP contribution is -2.42. The molecule has 2 aliphatic rings. The van der Waals surface area contributed by atoms with Gasteiger partial charge in [-0.05, 0) is 12.8 Å². The van der Waals surface area contributed by atoms with Gasteiger partial charge in [0.2, 0.25) is 5.91 Å². The van der Waals surface area contributed by atoms with Crippen LogP contribution in [-0.4, -0.2) is 36.2 Å². The van der Waals surface area contributed by atoms with Crippen LogP contribution in [0.5, 0.6) is 0 Å². The zero-order valence-corrected chi connectivity index (χ0v) is 7.90. The second kappa shape index (κ2) is 3.24. The predicted octanol–water partition coefficient (Wildman–Crippen LogP) is -0.389. The van der Waals surface area contributed by atoms with Crippen molar-refractivity contribution in [3.05, 3.63) is 0 Å². The van der Waals surface area contributed by atoms with Crippen LogP contribution in [0.25, 0.3) is 0 Å². The van der Waals surface area contributed by atoms with Crippen LogP contribution in [0.4, 0.5) is 0 Å². The number of carboxylic acid groups (broad SMARTS) is 1. The Bertz CT molecular complexity index is 278. The lowest BCUT2D eigenvalue weighted by atomic mass is 9.79. The van der Waals surface area contributed by atoms with Crippen molar-refractivity contribution >= 4 is 11.9 Å². The number of carbonyl (C=O) groups excluding carboxylic acids is 1. The van der Waals surface area contributed by atoms with Gasteiger partial charge in [-0.15, -0.1) is 0 Å². The first kappa shape index (κ1) is 9.45. The Kier molecular flexibility index (Phi) is 2.19. The highest BCUT2D eigenvalue weighted by Gasteiger charge is 2.55. The normalized spacial score (nSPS) is 39.8. The molecule has 1 amide bonds. The fraction of sp³-hybridized carbons (Fsp3) is 0.778. The van der Waals surface area contributed by atoms with Gasteiger partial charge < -0.3 is 15.2 Å². The maximum absolute atomic E-state index is 11.5. The minimum Gasteiger partial charge on any atom is -0.481 e. The van der Waals surface area contributed by atoms with E-state index in [1.807, 2.05) is 0 Å². The average Bonchev–Trinajstić information content (AvgIpc) is 2.74. The van der Waals surface area contributed by atoms with E-state index in [-0.39, 0.29) is 18.1 Å². The first-order valence-electron chi connectivity index (χ1n) is 4.75. The van der Waals surface area contributed by atoms with Crippen molar-refractivity contribution in [1.29, 1.82) is 0 Å². The van der Waals surface area contributed by atoms with E-state index in [1.165, 1.54) is 7.05 Å². The molecule has 2 N–H and O–H groups in total.